The topological polar surface area (TPSA) is 92.4 Å². The van der Waals surface area contributed by atoms with Crippen molar-refractivity contribution in [3.05, 3.63) is 52.2 Å². The molecule has 0 bridgehead atoms. The van der Waals surface area contributed by atoms with E-state index in [1.807, 2.05) is 0 Å². The molecule has 1 saturated carbocycles. The first kappa shape index (κ1) is 17.5. The number of nitrogens with one attached hydrogen (secondary N) is 1. The van der Waals surface area contributed by atoms with Crippen molar-refractivity contribution in [2.24, 2.45) is 0 Å². The Morgan fingerprint density at radius 2 is 2.00 bits per heavy atom. The molecule has 3 rings (SSSR count). The number of carboxylic acids is 1. The number of amides is 1. The van der Waals surface area contributed by atoms with Gasteiger partial charge in [-0.25, -0.2) is 9.78 Å². The first-order chi connectivity index (χ1) is 11.9. The van der Waals surface area contributed by atoms with Crippen LogP contribution in [-0.2, 0) is 10.3 Å². The number of carboxylic acid groups (broad SMARTS) is 1. The third kappa shape index (κ3) is 3.26. The lowest BCUT2D eigenvalue weighted by Crippen LogP contribution is -2.51. The SMILES string of the molecule is CCC(NC(=O)c1oc(C2CC2)nc1C)(C(=O)O)c1ccc(Cl)cc1. The number of aryl methyl sites for hydroxylation is 1. The van der Waals surface area contributed by atoms with Gasteiger partial charge < -0.3 is 14.8 Å². The van der Waals surface area contributed by atoms with Crippen molar-refractivity contribution in [3.63, 3.8) is 0 Å². The normalized spacial score (nSPS) is 16.3. The molecular formula is C18H19ClN2O4. The molecule has 1 aromatic carbocycles. The number of carbonyl (C=O) groups excluding carboxylic acids is 1. The van der Waals surface area contributed by atoms with Crippen LogP contribution in [-0.4, -0.2) is 22.0 Å². The molecule has 2 N–H and O–H groups in total. The number of nitrogens with zero attached hydrogens (tertiary/aromatic N) is 1. The van der Waals surface area contributed by atoms with E-state index in [-0.39, 0.29) is 18.1 Å². The smallest absolute Gasteiger partial charge is 0.334 e. The molecule has 1 aliphatic carbocycles. The molecule has 1 heterocycles. The van der Waals surface area contributed by atoms with Crippen molar-refractivity contribution in [1.29, 1.82) is 0 Å². The summed E-state index contributed by atoms with van der Waals surface area (Å²) in [6.07, 6.45) is 2.16. The summed E-state index contributed by atoms with van der Waals surface area (Å²) in [6, 6.07) is 6.40. The minimum atomic E-state index is -1.57. The highest BCUT2D eigenvalue weighted by molar-refractivity contribution is 6.30. The fraction of sp³-hybridized carbons (Fsp3) is 0.389. The van der Waals surface area contributed by atoms with Gasteiger partial charge in [0.15, 0.2) is 11.4 Å². The molecule has 2 aromatic rings. The van der Waals surface area contributed by atoms with Crippen molar-refractivity contribution in [2.45, 2.75) is 44.6 Å². The van der Waals surface area contributed by atoms with E-state index in [9.17, 15) is 14.7 Å². The van der Waals surface area contributed by atoms with Crippen LogP contribution in [0.25, 0.3) is 0 Å². The largest absolute Gasteiger partial charge is 0.479 e. The lowest BCUT2D eigenvalue weighted by atomic mass is 9.87. The quantitative estimate of drug-likeness (QED) is 0.818. The molecule has 1 fully saturated rings. The number of benzene rings is 1. The summed E-state index contributed by atoms with van der Waals surface area (Å²) in [4.78, 5) is 29.0. The van der Waals surface area contributed by atoms with Crippen LogP contribution in [0.3, 0.4) is 0 Å². The average molecular weight is 363 g/mol. The second-order valence-corrected chi connectivity index (χ2v) is 6.70. The maximum absolute atomic E-state index is 12.7. The Kier molecular flexibility index (Phi) is 4.56. The lowest BCUT2D eigenvalue weighted by molar-refractivity contribution is -0.145. The summed E-state index contributed by atoms with van der Waals surface area (Å²) >= 11 is 5.89. The van der Waals surface area contributed by atoms with Crippen molar-refractivity contribution in [2.75, 3.05) is 0 Å². The van der Waals surface area contributed by atoms with Crippen LogP contribution >= 0.6 is 11.6 Å². The van der Waals surface area contributed by atoms with Gasteiger partial charge in [-0.1, -0.05) is 30.7 Å². The van der Waals surface area contributed by atoms with Gasteiger partial charge in [0.25, 0.3) is 5.91 Å². The van der Waals surface area contributed by atoms with Gasteiger partial charge in [0, 0.05) is 10.9 Å². The zero-order valence-corrected chi connectivity index (χ0v) is 14.8. The third-order valence-corrected chi connectivity index (χ3v) is 4.76. The molecule has 132 valence electrons. The summed E-state index contributed by atoms with van der Waals surface area (Å²) in [7, 11) is 0. The number of hydrogen-bond donors (Lipinski definition) is 2. The van der Waals surface area contributed by atoms with E-state index in [0.29, 0.717) is 22.2 Å². The molecular weight excluding hydrogens is 344 g/mol. The van der Waals surface area contributed by atoms with Gasteiger partial charge in [0.05, 0.1) is 5.69 Å². The van der Waals surface area contributed by atoms with Crippen LogP contribution in [0.5, 0.6) is 0 Å². The van der Waals surface area contributed by atoms with Crippen LogP contribution < -0.4 is 5.32 Å². The Labute approximate surface area is 150 Å². The summed E-state index contributed by atoms with van der Waals surface area (Å²) in [5.74, 6) is -0.852. The van der Waals surface area contributed by atoms with E-state index in [1.165, 1.54) is 0 Å². The Hall–Kier alpha value is -2.34. The second-order valence-electron chi connectivity index (χ2n) is 6.27. The molecule has 1 unspecified atom stereocenters. The van der Waals surface area contributed by atoms with Gasteiger partial charge >= 0.3 is 5.97 Å². The van der Waals surface area contributed by atoms with E-state index in [4.69, 9.17) is 16.0 Å². The van der Waals surface area contributed by atoms with Crippen LogP contribution in [0, 0.1) is 6.92 Å². The van der Waals surface area contributed by atoms with Gasteiger partial charge in [-0.3, -0.25) is 4.79 Å². The van der Waals surface area contributed by atoms with E-state index < -0.39 is 17.4 Å². The fourth-order valence-electron chi connectivity index (χ4n) is 2.81. The van der Waals surface area contributed by atoms with E-state index in [1.54, 1.807) is 38.1 Å². The Morgan fingerprint density at radius 3 is 2.52 bits per heavy atom. The molecule has 7 heteroatoms. The lowest BCUT2D eigenvalue weighted by Gasteiger charge is -2.29. The van der Waals surface area contributed by atoms with Crippen molar-refractivity contribution < 1.29 is 19.1 Å². The zero-order chi connectivity index (χ0) is 18.2. The van der Waals surface area contributed by atoms with Gasteiger partial charge in [-0.15, -0.1) is 0 Å². The predicted molar refractivity (Wildman–Crippen MR) is 91.7 cm³/mol. The second kappa shape index (κ2) is 6.52. The highest BCUT2D eigenvalue weighted by Gasteiger charge is 2.42. The van der Waals surface area contributed by atoms with Gasteiger partial charge in [0.1, 0.15) is 0 Å². The first-order valence-corrected chi connectivity index (χ1v) is 8.54. The number of carbonyl (C=O) groups is 2. The van der Waals surface area contributed by atoms with Gasteiger partial charge in [-0.05, 0) is 43.9 Å². The van der Waals surface area contributed by atoms with Gasteiger partial charge in [-0.2, -0.15) is 0 Å². The molecule has 1 aromatic heterocycles. The van der Waals surface area contributed by atoms with Gasteiger partial charge in [0.2, 0.25) is 5.76 Å². The molecule has 1 atom stereocenters. The third-order valence-electron chi connectivity index (χ3n) is 4.51. The molecule has 0 aliphatic heterocycles. The Balaban J connectivity index is 1.93. The fourth-order valence-corrected chi connectivity index (χ4v) is 2.94. The molecule has 0 radical (unpaired) electrons. The summed E-state index contributed by atoms with van der Waals surface area (Å²) in [5, 5.41) is 12.9. The number of halogens is 1. The number of hydrogen-bond acceptors (Lipinski definition) is 4. The molecule has 6 nitrogen and oxygen atoms in total. The number of aromatic nitrogens is 1. The number of aliphatic carboxylic acids is 1. The van der Waals surface area contributed by atoms with E-state index in [0.717, 1.165) is 12.8 Å². The molecule has 25 heavy (non-hydrogen) atoms. The highest BCUT2D eigenvalue weighted by atomic mass is 35.5. The molecule has 1 amide bonds. The van der Waals surface area contributed by atoms with Crippen LogP contribution in [0.2, 0.25) is 5.02 Å². The first-order valence-electron chi connectivity index (χ1n) is 8.16. The van der Waals surface area contributed by atoms with Crippen LogP contribution in [0.4, 0.5) is 0 Å². The maximum atomic E-state index is 12.7. The minimum Gasteiger partial charge on any atom is -0.479 e. The highest BCUT2D eigenvalue weighted by Crippen LogP contribution is 2.40. The molecule has 0 saturated heterocycles. The maximum Gasteiger partial charge on any atom is 0.334 e. The summed E-state index contributed by atoms with van der Waals surface area (Å²) in [5.41, 5.74) is -0.661. The minimum absolute atomic E-state index is 0.0648. The van der Waals surface area contributed by atoms with Crippen molar-refractivity contribution >= 4 is 23.5 Å². The predicted octanol–water partition coefficient (Wildman–Crippen LogP) is 3.63. The van der Waals surface area contributed by atoms with Crippen molar-refractivity contribution in [1.82, 2.24) is 10.3 Å². The molecule has 0 spiro atoms. The number of oxazole rings is 1. The van der Waals surface area contributed by atoms with Crippen molar-refractivity contribution in [3.8, 4) is 0 Å². The molecule has 1 aliphatic rings. The van der Waals surface area contributed by atoms with E-state index in [2.05, 4.69) is 10.3 Å². The average Bonchev–Trinajstić information content (AvgIpc) is 3.35. The summed E-state index contributed by atoms with van der Waals surface area (Å²) in [6.45, 7) is 3.38. The summed E-state index contributed by atoms with van der Waals surface area (Å²) < 4.78 is 5.59. The zero-order valence-electron chi connectivity index (χ0n) is 14.0. The monoisotopic (exact) mass is 362 g/mol. The van der Waals surface area contributed by atoms with Crippen LogP contribution in [0.15, 0.2) is 28.7 Å². The Morgan fingerprint density at radius 1 is 1.36 bits per heavy atom. The Bertz CT molecular complexity index is 811. The van der Waals surface area contributed by atoms with E-state index >= 15 is 0 Å². The van der Waals surface area contributed by atoms with Crippen LogP contribution in [0.1, 0.15) is 59.8 Å². The standard InChI is InChI=1S/C18H19ClN2O4/c1-3-18(17(23)24,12-6-8-13(19)9-7-12)21-15(22)14-10(2)20-16(25-14)11-4-5-11/h6-9,11H,3-5H2,1-2H3,(H,21,22)(H,23,24). The number of rotatable bonds is 6.